The molecule has 4 nitrogen and oxygen atoms in total. The molecule has 0 saturated heterocycles. The molecule has 10 rings (SSSR count). The summed E-state index contributed by atoms with van der Waals surface area (Å²) in [5.74, 6) is 1.83. The van der Waals surface area contributed by atoms with Crippen molar-refractivity contribution >= 4 is 53.4 Å². The van der Waals surface area contributed by atoms with Crippen molar-refractivity contribution in [2.24, 2.45) is 0 Å². The monoisotopic (exact) mass is 657 g/mol. The predicted molar refractivity (Wildman–Crippen MR) is 207 cm³/mol. The van der Waals surface area contributed by atoms with Gasteiger partial charge in [0.05, 0.1) is 5.56 Å². The normalized spacial score (nSPS) is 11.6. The molecular weight excluding hydrogens is 631 g/mol. The molecule has 10 aromatic rings. The van der Waals surface area contributed by atoms with Gasteiger partial charge in [0.15, 0.2) is 17.5 Å². The lowest BCUT2D eigenvalue weighted by molar-refractivity contribution is 0.669. The minimum atomic E-state index is 0.579. The fourth-order valence-electron chi connectivity index (χ4n) is 6.99. The van der Waals surface area contributed by atoms with Crippen LogP contribution < -0.4 is 0 Å². The van der Waals surface area contributed by atoms with Crippen molar-refractivity contribution in [2.45, 2.75) is 0 Å². The van der Waals surface area contributed by atoms with Crippen LogP contribution in [0.25, 0.3) is 98.5 Å². The number of nitrogens with zero attached hydrogens (tertiary/aromatic N) is 3. The summed E-state index contributed by atoms with van der Waals surface area (Å²) in [6.45, 7) is 0. The Hall–Kier alpha value is -6.43. The van der Waals surface area contributed by atoms with Crippen molar-refractivity contribution in [1.82, 2.24) is 15.0 Å². The van der Waals surface area contributed by atoms with Gasteiger partial charge in [0.2, 0.25) is 0 Å². The van der Waals surface area contributed by atoms with E-state index < -0.39 is 0 Å². The molecule has 0 amide bonds. The fourth-order valence-corrected chi connectivity index (χ4v) is 8.23. The van der Waals surface area contributed by atoms with Crippen LogP contribution in [0.2, 0.25) is 0 Å². The van der Waals surface area contributed by atoms with Gasteiger partial charge in [-0.2, -0.15) is 0 Å². The molecule has 0 radical (unpaired) electrons. The van der Waals surface area contributed by atoms with Crippen LogP contribution in [0.3, 0.4) is 0 Å². The SMILES string of the molecule is c1ccc(-c2ccc(-c3cccc4sc5c(-c6nc(-c7ccccc7)nc(-c7cccc8c7oc7ccccc78)n6)cccc5c34)cc2)cc1. The molecule has 0 aliphatic carbocycles. The maximum absolute atomic E-state index is 6.43. The van der Waals surface area contributed by atoms with E-state index in [4.69, 9.17) is 19.4 Å². The summed E-state index contributed by atoms with van der Waals surface area (Å²) >= 11 is 1.78. The van der Waals surface area contributed by atoms with Crippen LogP contribution in [0.15, 0.2) is 168 Å². The van der Waals surface area contributed by atoms with Gasteiger partial charge in [0.25, 0.3) is 0 Å². The molecule has 5 heteroatoms. The maximum Gasteiger partial charge on any atom is 0.167 e. The van der Waals surface area contributed by atoms with Crippen LogP contribution in [0.5, 0.6) is 0 Å². The van der Waals surface area contributed by atoms with Crippen LogP contribution in [0.1, 0.15) is 0 Å². The van der Waals surface area contributed by atoms with E-state index in [2.05, 4.69) is 103 Å². The molecule has 50 heavy (non-hydrogen) atoms. The highest BCUT2D eigenvalue weighted by molar-refractivity contribution is 7.26. The average Bonchev–Trinajstić information content (AvgIpc) is 3.77. The van der Waals surface area contributed by atoms with Crippen LogP contribution >= 0.6 is 11.3 Å². The number of rotatable bonds is 5. The van der Waals surface area contributed by atoms with E-state index >= 15 is 0 Å². The molecule has 0 atom stereocenters. The Labute approximate surface area is 292 Å². The number of thiophene rings is 1. The first-order valence-electron chi connectivity index (χ1n) is 16.6. The maximum atomic E-state index is 6.43. The molecule has 0 unspecified atom stereocenters. The molecule has 3 heterocycles. The van der Waals surface area contributed by atoms with Gasteiger partial charge in [-0.25, -0.2) is 15.0 Å². The molecular formula is C45H27N3OS. The minimum Gasteiger partial charge on any atom is -0.455 e. The third-order valence-corrected chi connectivity index (χ3v) is 10.6. The van der Waals surface area contributed by atoms with Crippen molar-refractivity contribution in [3.63, 3.8) is 0 Å². The zero-order valence-electron chi connectivity index (χ0n) is 26.7. The highest BCUT2D eigenvalue weighted by atomic mass is 32.1. The Morgan fingerprint density at radius 1 is 0.380 bits per heavy atom. The van der Waals surface area contributed by atoms with Crippen molar-refractivity contribution < 1.29 is 4.42 Å². The summed E-state index contributed by atoms with van der Waals surface area (Å²) in [6.07, 6.45) is 0. The molecule has 0 N–H and O–H groups in total. The van der Waals surface area contributed by atoms with E-state index in [1.165, 1.54) is 37.7 Å². The first kappa shape index (κ1) is 28.6. The summed E-state index contributed by atoms with van der Waals surface area (Å²) in [6, 6.07) is 56.9. The Morgan fingerprint density at radius 3 is 1.74 bits per heavy atom. The van der Waals surface area contributed by atoms with Crippen molar-refractivity contribution in [3.8, 4) is 56.4 Å². The third kappa shape index (κ3) is 4.71. The summed E-state index contributed by atoms with van der Waals surface area (Å²) in [5, 5.41) is 4.54. The van der Waals surface area contributed by atoms with Crippen molar-refractivity contribution in [3.05, 3.63) is 164 Å². The van der Waals surface area contributed by atoms with Gasteiger partial charge in [-0.05, 0) is 46.5 Å². The van der Waals surface area contributed by atoms with Gasteiger partial charge in [-0.15, -0.1) is 11.3 Å². The second kappa shape index (κ2) is 11.6. The zero-order chi connectivity index (χ0) is 33.0. The quantitative estimate of drug-likeness (QED) is 0.185. The van der Waals surface area contributed by atoms with Crippen LogP contribution in [-0.2, 0) is 0 Å². The van der Waals surface area contributed by atoms with Crippen molar-refractivity contribution in [1.29, 1.82) is 0 Å². The summed E-state index contributed by atoms with van der Waals surface area (Å²) in [7, 11) is 0. The Bertz CT molecular complexity index is 2860. The smallest absolute Gasteiger partial charge is 0.167 e. The van der Waals surface area contributed by atoms with Gasteiger partial charge in [-0.3, -0.25) is 0 Å². The van der Waals surface area contributed by atoms with E-state index in [-0.39, 0.29) is 0 Å². The van der Waals surface area contributed by atoms with Crippen LogP contribution in [0, 0.1) is 0 Å². The summed E-state index contributed by atoms with van der Waals surface area (Å²) in [5.41, 5.74) is 9.18. The fraction of sp³-hybridized carbons (Fsp3) is 0. The van der Waals surface area contributed by atoms with Crippen LogP contribution in [0.4, 0.5) is 0 Å². The lowest BCUT2D eigenvalue weighted by Crippen LogP contribution is -2.00. The Balaban J connectivity index is 1.17. The molecule has 3 aromatic heterocycles. The predicted octanol–water partition coefficient (Wildman–Crippen LogP) is 12.5. The first-order chi connectivity index (χ1) is 24.8. The van der Waals surface area contributed by atoms with E-state index in [1.807, 2.05) is 60.7 Å². The van der Waals surface area contributed by atoms with Gasteiger partial charge < -0.3 is 4.42 Å². The molecule has 0 aliphatic heterocycles. The summed E-state index contributed by atoms with van der Waals surface area (Å²) in [4.78, 5) is 15.3. The van der Waals surface area contributed by atoms with E-state index in [1.54, 1.807) is 11.3 Å². The first-order valence-corrected chi connectivity index (χ1v) is 17.4. The second-order valence-corrected chi connectivity index (χ2v) is 13.4. The van der Waals surface area contributed by atoms with Gasteiger partial charge in [-0.1, -0.05) is 140 Å². The second-order valence-electron chi connectivity index (χ2n) is 12.4. The van der Waals surface area contributed by atoms with Gasteiger partial charge in [0.1, 0.15) is 11.2 Å². The largest absolute Gasteiger partial charge is 0.455 e. The molecule has 0 aliphatic rings. The zero-order valence-corrected chi connectivity index (χ0v) is 27.6. The Morgan fingerprint density at radius 2 is 0.940 bits per heavy atom. The number of furan rings is 1. The minimum absolute atomic E-state index is 0.579. The lowest BCUT2D eigenvalue weighted by atomic mass is 9.96. The number of benzene rings is 7. The molecule has 0 bridgehead atoms. The molecule has 7 aromatic carbocycles. The topological polar surface area (TPSA) is 51.8 Å². The van der Waals surface area contributed by atoms with Gasteiger partial charge >= 0.3 is 0 Å². The van der Waals surface area contributed by atoms with E-state index in [0.29, 0.717) is 17.5 Å². The van der Waals surface area contributed by atoms with E-state index in [0.717, 1.165) is 43.3 Å². The number of hydrogen-bond acceptors (Lipinski definition) is 5. The van der Waals surface area contributed by atoms with Crippen LogP contribution in [-0.4, -0.2) is 15.0 Å². The lowest BCUT2D eigenvalue weighted by Gasteiger charge is -2.10. The molecule has 0 fully saturated rings. The third-order valence-electron chi connectivity index (χ3n) is 9.38. The van der Waals surface area contributed by atoms with E-state index in [9.17, 15) is 0 Å². The molecule has 0 saturated carbocycles. The molecule has 0 spiro atoms. The average molecular weight is 658 g/mol. The van der Waals surface area contributed by atoms with Gasteiger partial charge in [0, 0.05) is 42.1 Å². The molecule has 234 valence electrons. The highest BCUT2D eigenvalue weighted by Gasteiger charge is 2.20. The Kier molecular flexibility index (Phi) is 6.64. The number of fused-ring (bicyclic) bond motifs is 6. The number of hydrogen-bond donors (Lipinski definition) is 0. The standard InChI is InChI=1S/C45H27N3OS/c1-3-12-28(13-4-1)29-24-26-30(27-25-29)32-17-11-23-39-40(32)35-19-10-21-37(42(35)50-39)45-47-43(31-14-5-2-6-15-31)46-44(48-45)36-20-9-18-34-33-16-7-8-22-38(33)49-41(34)36/h1-27H. The highest BCUT2D eigenvalue weighted by Crippen LogP contribution is 2.44. The van der Waals surface area contributed by atoms with Crippen molar-refractivity contribution in [2.75, 3.05) is 0 Å². The number of aromatic nitrogens is 3. The summed E-state index contributed by atoms with van der Waals surface area (Å²) < 4.78 is 8.80. The number of para-hydroxylation sites is 2.